The molecule has 0 bridgehead atoms. The van der Waals surface area contributed by atoms with Gasteiger partial charge in [-0.1, -0.05) is 6.92 Å². The summed E-state index contributed by atoms with van der Waals surface area (Å²) in [7, 11) is 0. The third-order valence-corrected chi connectivity index (χ3v) is 3.64. The van der Waals surface area contributed by atoms with Gasteiger partial charge in [-0.2, -0.15) is 0 Å². The Bertz CT molecular complexity index is 465. The molecule has 1 rings (SSSR count). The predicted molar refractivity (Wildman–Crippen MR) is 79.8 cm³/mol. The maximum Gasteiger partial charge on any atom is 0.242 e. The van der Waals surface area contributed by atoms with Gasteiger partial charge < -0.3 is 10.6 Å². The molecule has 106 valence electrons. The molecule has 1 amide bonds. The van der Waals surface area contributed by atoms with Crippen molar-refractivity contribution in [2.45, 2.75) is 46.2 Å². The lowest BCUT2D eigenvalue weighted by Gasteiger charge is -2.19. The molecule has 0 aromatic heterocycles. The number of carbonyl (C=O) groups excluding carboxylic acids is 1. The second kappa shape index (κ2) is 6.89. The predicted octanol–water partition coefficient (Wildman–Crippen LogP) is 3.61. The van der Waals surface area contributed by atoms with Crippen LogP contribution < -0.4 is 10.6 Å². The van der Waals surface area contributed by atoms with Crippen molar-refractivity contribution in [1.29, 1.82) is 0 Å². The molecule has 2 N–H and O–H groups in total. The van der Waals surface area contributed by atoms with Gasteiger partial charge in [0.05, 0.1) is 4.47 Å². The number of aryl methyl sites for hydroxylation is 1. The third kappa shape index (κ3) is 4.49. The van der Waals surface area contributed by atoms with Crippen LogP contribution in [-0.2, 0) is 4.79 Å². The van der Waals surface area contributed by atoms with E-state index in [1.807, 2.05) is 13.8 Å². The largest absolute Gasteiger partial charge is 0.374 e. The summed E-state index contributed by atoms with van der Waals surface area (Å²) in [5.74, 6) is -0.367. The fourth-order valence-corrected chi connectivity index (χ4v) is 1.91. The monoisotopic (exact) mass is 330 g/mol. The lowest BCUT2D eigenvalue weighted by Crippen LogP contribution is -2.41. The molecule has 0 fully saturated rings. The van der Waals surface area contributed by atoms with Crippen LogP contribution in [0, 0.1) is 12.7 Å². The Morgan fingerprint density at radius 1 is 1.42 bits per heavy atom. The molecular formula is C14H20BrFN2O. The van der Waals surface area contributed by atoms with E-state index in [0.29, 0.717) is 4.47 Å². The lowest BCUT2D eigenvalue weighted by molar-refractivity contribution is -0.122. The molecule has 0 aliphatic rings. The first-order valence-electron chi connectivity index (χ1n) is 6.37. The van der Waals surface area contributed by atoms with Crippen LogP contribution in [0.3, 0.4) is 0 Å². The van der Waals surface area contributed by atoms with Crippen LogP contribution in [0.5, 0.6) is 0 Å². The Balaban J connectivity index is 2.74. The number of hydrogen-bond donors (Lipinski definition) is 2. The molecule has 0 heterocycles. The minimum Gasteiger partial charge on any atom is -0.374 e. The van der Waals surface area contributed by atoms with Crippen LogP contribution in [0.1, 0.15) is 32.8 Å². The van der Waals surface area contributed by atoms with Gasteiger partial charge in [-0.25, -0.2) is 4.39 Å². The van der Waals surface area contributed by atoms with Crippen LogP contribution in [0.2, 0.25) is 0 Å². The van der Waals surface area contributed by atoms with Gasteiger partial charge in [0, 0.05) is 11.7 Å². The van der Waals surface area contributed by atoms with Crippen molar-refractivity contribution in [3.8, 4) is 0 Å². The third-order valence-electron chi connectivity index (χ3n) is 3.03. The van der Waals surface area contributed by atoms with E-state index in [-0.39, 0.29) is 23.8 Å². The highest BCUT2D eigenvalue weighted by atomic mass is 79.9. The minimum absolute atomic E-state index is 0.0609. The van der Waals surface area contributed by atoms with Crippen molar-refractivity contribution in [2.24, 2.45) is 0 Å². The molecule has 2 atom stereocenters. The fraction of sp³-hybridized carbons (Fsp3) is 0.500. The average Bonchev–Trinajstić information content (AvgIpc) is 2.35. The zero-order valence-corrected chi connectivity index (χ0v) is 13.3. The Labute approximate surface area is 122 Å². The number of rotatable bonds is 5. The molecule has 5 heteroatoms. The van der Waals surface area contributed by atoms with Crippen molar-refractivity contribution in [3.63, 3.8) is 0 Å². The van der Waals surface area contributed by atoms with Crippen molar-refractivity contribution in [3.05, 3.63) is 28.0 Å². The van der Waals surface area contributed by atoms with E-state index in [1.165, 1.54) is 6.07 Å². The van der Waals surface area contributed by atoms with Gasteiger partial charge in [-0.3, -0.25) is 4.79 Å². The summed E-state index contributed by atoms with van der Waals surface area (Å²) < 4.78 is 13.7. The summed E-state index contributed by atoms with van der Waals surface area (Å²) in [6.45, 7) is 7.57. The molecule has 3 nitrogen and oxygen atoms in total. The number of amides is 1. The first kappa shape index (κ1) is 16.0. The van der Waals surface area contributed by atoms with E-state index in [1.54, 1.807) is 19.9 Å². The van der Waals surface area contributed by atoms with Crippen LogP contribution in [-0.4, -0.2) is 18.0 Å². The summed E-state index contributed by atoms with van der Waals surface area (Å²) in [5, 5.41) is 6.01. The highest BCUT2D eigenvalue weighted by Gasteiger charge is 2.15. The minimum atomic E-state index is -0.370. The number of anilines is 1. The first-order valence-corrected chi connectivity index (χ1v) is 7.17. The van der Waals surface area contributed by atoms with Crippen LogP contribution >= 0.6 is 15.9 Å². The number of hydrogen-bond acceptors (Lipinski definition) is 2. The Hall–Kier alpha value is -1.10. The quantitative estimate of drug-likeness (QED) is 0.865. The van der Waals surface area contributed by atoms with Gasteiger partial charge in [0.15, 0.2) is 0 Å². The van der Waals surface area contributed by atoms with E-state index < -0.39 is 0 Å². The van der Waals surface area contributed by atoms with E-state index in [2.05, 4.69) is 26.6 Å². The topological polar surface area (TPSA) is 41.1 Å². The Kier molecular flexibility index (Phi) is 5.79. The van der Waals surface area contributed by atoms with Crippen LogP contribution in [0.25, 0.3) is 0 Å². The summed E-state index contributed by atoms with van der Waals surface area (Å²) in [6, 6.07) is 2.87. The highest BCUT2D eigenvalue weighted by molar-refractivity contribution is 9.10. The molecule has 0 saturated carbocycles. The van der Waals surface area contributed by atoms with Gasteiger partial charge in [-0.15, -0.1) is 0 Å². The molecule has 1 aromatic rings. The normalized spacial score (nSPS) is 13.8. The molecule has 0 radical (unpaired) electrons. The SMILES string of the molecule is CCC(C)NC(=O)C(C)Nc1cc(Br)c(F)cc1C. The van der Waals surface area contributed by atoms with E-state index >= 15 is 0 Å². The van der Waals surface area contributed by atoms with Crippen LogP contribution in [0.4, 0.5) is 10.1 Å². The zero-order valence-electron chi connectivity index (χ0n) is 11.7. The molecule has 0 saturated heterocycles. The maximum atomic E-state index is 13.3. The second-order valence-electron chi connectivity index (χ2n) is 4.77. The molecule has 0 aliphatic carbocycles. The second-order valence-corrected chi connectivity index (χ2v) is 5.62. The number of nitrogens with one attached hydrogen (secondary N) is 2. The van der Waals surface area contributed by atoms with E-state index in [0.717, 1.165) is 17.7 Å². The standard InChI is InChI=1S/C14H20BrFN2O/c1-5-9(3)17-14(19)10(4)18-13-7-11(15)12(16)6-8(13)2/h6-7,9-10,18H,5H2,1-4H3,(H,17,19). The highest BCUT2D eigenvalue weighted by Crippen LogP contribution is 2.24. The van der Waals surface area contributed by atoms with Gasteiger partial charge >= 0.3 is 0 Å². The number of carbonyl (C=O) groups is 1. The molecule has 2 unspecified atom stereocenters. The van der Waals surface area contributed by atoms with Crippen molar-refractivity contribution in [1.82, 2.24) is 5.32 Å². The Morgan fingerprint density at radius 2 is 2.05 bits per heavy atom. The number of halogens is 2. The summed E-state index contributed by atoms with van der Waals surface area (Å²) in [5.41, 5.74) is 1.52. The number of benzene rings is 1. The smallest absolute Gasteiger partial charge is 0.242 e. The van der Waals surface area contributed by atoms with Gasteiger partial charge in [0.2, 0.25) is 5.91 Å². The average molecular weight is 331 g/mol. The fourth-order valence-electron chi connectivity index (χ4n) is 1.57. The van der Waals surface area contributed by atoms with Crippen molar-refractivity contribution >= 4 is 27.5 Å². The van der Waals surface area contributed by atoms with Gasteiger partial charge in [0.1, 0.15) is 11.9 Å². The first-order chi connectivity index (χ1) is 8.85. The summed E-state index contributed by atoms with van der Waals surface area (Å²) in [6.07, 6.45) is 0.888. The maximum absolute atomic E-state index is 13.3. The van der Waals surface area contributed by atoms with Crippen molar-refractivity contribution in [2.75, 3.05) is 5.32 Å². The zero-order chi connectivity index (χ0) is 14.6. The van der Waals surface area contributed by atoms with Crippen molar-refractivity contribution < 1.29 is 9.18 Å². The van der Waals surface area contributed by atoms with Gasteiger partial charge in [-0.05, 0) is 60.8 Å². The summed E-state index contributed by atoms with van der Waals surface area (Å²) >= 11 is 3.14. The molecule has 19 heavy (non-hydrogen) atoms. The van der Waals surface area contributed by atoms with Gasteiger partial charge in [0.25, 0.3) is 0 Å². The molecule has 1 aromatic carbocycles. The van der Waals surface area contributed by atoms with Crippen LogP contribution in [0.15, 0.2) is 16.6 Å². The molecule has 0 spiro atoms. The van der Waals surface area contributed by atoms with E-state index in [4.69, 9.17) is 0 Å². The lowest BCUT2D eigenvalue weighted by atomic mass is 10.1. The summed E-state index contributed by atoms with van der Waals surface area (Å²) in [4.78, 5) is 11.9. The molecule has 0 aliphatic heterocycles. The molecular weight excluding hydrogens is 311 g/mol. The Morgan fingerprint density at radius 3 is 2.63 bits per heavy atom. The van der Waals surface area contributed by atoms with E-state index in [9.17, 15) is 9.18 Å².